The standard InChI is InChI=1S/C21H29NO8/c1-6-12(2)21(27)28-13(3)11-22-17(20(25)26)9-16-7-8-18(29-14(4)23)19(10-16)30-15(5)24/h7-8,10,12-13,17,22H,6,9,11H2,1-5H3,(H,25,26)/t12?,13?,17-/m0/s1. The van der Waals surface area contributed by atoms with Crippen molar-refractivity contribution in [2.24, 2.45) is 5.92 Å². The van der Waals surface area contributed by atoms with E-state index in [1.807, 2.05) is 6.92 Å². The van der Waals surface area contributed by atoms with Gasteiger partial charge in [-0.3, -0.25) is 19.2 Å². The van der Waals surface area contributed by atoms with Crippen LogP contribution in [0.25, 0.3) is 0 Å². The molecule has 1 rings (SSSR count). The molecule has 0 bridgehead atoms. The average Bonchev–Trinajstić information content (AvgIpc) is 2.65. The summed E-state index contributed by atoms with van der Waals surface area (Å²) in [7, 11) is 0. The minimum Gasteiger partial charge on any atom is -0.480 e. The second-order valence-electron chi connectivity index (χ2n) is 7.03. The Hall–Kier alpha value is -2.94. The Morgan fingerprint density at radius 1 is 1.03 bits per heavy atom. The average molecular weight is 423 g/mol. The summed E-state index contributed by atoms with van der Waals surface area (Å²) < 4.78 is 15.4. The molecule has 0 radical (unpaired) electrons. The Kier molecular flexibility index (Phi) is 9.97. The Bertz CT molecular complexity index is 776. The van der Waals surface area contributed by atoms with Crippen molar-refractivity contribution >= 4 is 23.9 Å². The number of hydrogen-bond donors (Lipinski definition) is 2. The van der Waals surface area contributed by atoms with Crippen molar-refractivity contribution < 1.29 is 38.5 Å². The highest BCUT2D eigenvalue weighted by atomic mass is 16.6. The van der Waals surface area contributed by atoms with Crippen molar-refractivity contribution in [1.82, 2.24) is 5.32 Å². The number of rotatable bonds is 11. The van der Waals surface area contributed by atoms with Crippen LogP contribution in [0.2, 0.25) is 0 Å². The maximum absolute atomic E-state index is 11.8. The van der Waals surface area contributed by atoms with Crippen LogP contribution >= 0.6 is 0 Å². The summed E-state index contributed by atoms with van der Waals surface area (Å²) in [6.45, 7) is 7.90. The first-order chi connectivity index (χ1) is 14.0. The van der Waals surface area contributed by atoms with E-state index in [-0.39, 0.29) is 36.4 Å². The number of nitrogens with one attached hydrogen (secondary N) is 1. The van der Waals surface area contributed by atoms with E-state index >= 15 is 0 Å². The largest absolute Gasteiger partial charge is 0.480 e. The van der Waals surface area contributed by atoms with Crippen LogP contribution in [0, 0.1) is 5.92 Å². The first-order valence-electron chi connectivity index (χ1n) is 9.69. The van der Waals surface area contributed by atoms with E-state index in [2.05, 4.69) is 5.32 Å². The fourth-order valence-electron chi connectivity index (χ4n) is 2.47. The summed E-state index contributed by atoms with van der Waals surface area (Å²) in [6.07, 6.45) is 0.220. The van der Waals surface area contributed by atoms with Crippen molar-refractivity contribution in [2.75, 3.05) is 6.54 Å². The predicted molar refractivity (Wildman–Crippen MR) is 107 cm³/mol. The van der Waals surface area contributed by atoms with E-state index in [4.69, 9.17) is 14.2 Å². The molecule has 0 saturated heterocycles. The number of carboxylic acids is 1. The molecule has 2 unspecified atom stereocenters. The summed E-state index contributed by atoms with van der Waals surface area (Å²) in [6, 6.07) is 3.49. The van der Waals surface area contributed by atoms with Gasteiger partial charge in [-0.2, -0.15) is 0 Å². The predicted octanol–water partition coefficient (Wildman–Crippen LogP) is 2.10. The normalized spacial score (nSPS) is 13.6. The second kappa shape index (κ2) is 11.9. The zero-order valence-electron chi connectivity index (χ0n) is 17.9. The molecule has 0 aromatic heterocycles. The van der Waals surface area contributed by atoms with Crippen LogP contribution in [-0.2, 0) is 30.3 Å². The van der Waals surface area contributed by atoms with Crippen molar-refractivity contribution in [2.45, 2.75) is 59.6 Å². The Balaban J connectivity index is 2.84. The van der Waals surface area contributed by atoms with Gasteiger partial charge in [-0.05, 0) is 37.5 Å². The van der Waals surface area contributed by atoms with Crippen LogP contribution in [0.1, 0.15) is 46.6 Å². The van der Waals surface area contributed by atoms with Gasteiger partial charge in [0.2, 0.25) is 0 Å². The monoisotopic (exact) mass is 423 g/mol. The van der Waals surface area contributed by atoms with Gasteiger partial charge in [0, 0.05) is 20.4 Å². The lowest BCUT2D eigenvalue weighted by atomic mass is 10.0. The topological polar surface area (TPSA) is 128 Å². The molecule has 0 fully saturated rings. The van der Waals surface area contributed by atoms with Crippen molar-refractivity contribution in [3.63, 3.8) is 0 Å². The number of benzene rings is 1. The third-order valence-corrected chi connectivity index (χ3v) is 4.24. The molecule has 0 aliphatic heterocycles. The molecule has 0 amide bonds. The summed E-state index contributed by atoms with van der Waals surface area (Å²) in [4.78, 5) is 46.0. The smallest absolute Gasteiger partial charge is 0.321 e. The molecule has 1 aromatic rings. The molecular formula is C21H29NO8. The second-order valence-corrected chi connectivity index (χ2v) is 7.03. The van der Waals surface area contributed by atoms with E-state index in [0.717, 1.165) is 0 Å². The van der Waals surface area contributed by atoms with Gasteiger partial charge in [-0.25, -0.2) is 0 Å². The summed E-state index contributed by atoms with van der Waals surface area (Å²) >= 11 is 0. The van der Waals surface area contributed by atoms with E-state index in [0.29, 0.717) is 12.0 Å². The number of carbonyl (C=O) groups is 4. The Morgan fingerprint density at radius 3 is 2.17 bits per heavy atom. The minimum atomic E-state index is -1.09. The van der Waals surface area contributed by atoms with Crippen molar-refractivity contribution in [3.8, 4) is 11.5 Å². The van der Waals surface area contributed by atoms with Gasteiger partial charge in [0.05, 0.1) is 5.92 Å². The zero-order valence-corrected chi connectivity index (χ0v) is 17.9. The molecule has 0 heterocycles. The van der Waals surface area contributed by atoms with Crippen LogP contribution in [-0.4, -0.2) is 47.7 Å². The highest BCUT2D eigenvalue weighted by Gasteiger charge is 2.22. The lowest BCUT2D eigenvalue weighted by Gasteiger charge is -2.20. The highest BCUT2D eigenvalue weighted by Crippen LogP contribution is 2.29. The number of carbonyl (C=O) groups excluding carboxylic acids is 3. The molecule has 3 atom stereocenters. The number of esters is 3. The summed E-state index contributed by atoms with van der Waals surface area (Å²) in [5.74, 6) is -2.74. The molecule has 0 aliphatic rings. The molecule has 0 saturated carbocycles. The van der Waals surface area contributed by atoms with Crippen LogP contribution in [0.5, 0.6) is 11.5 Å². The molecule has 9 nitrogen and oxygen atoms in total. The zero-order chi connectivity index (χ0) is 22.8. The maximum Gasteiger partial charge on any atom is 0.321 e. The van der Waals surface area contributed by atoms with Crippen LogP contribution < -0.4 is 14.8 Å². The molecule has 0 spiro atoms. The van der Waals surface area contributed by atoms with E-state index in [1.165, 1.54) is 26.0 Å². The quantitative estimate of drug-likeness (QED) is 0.406. The highest BCUT2D eigenvalue weighted by molar-refractivity contribution is 5.75. The minimum absolute atomic E-state index is 0.0233. The third kappa shape index (κ3) is 8.60. The van der Waals surface area contributed by atoms with Gasteiger partial charge in [-0.15, -0.1) is 0 Å². The summed E-state index contributed by atoms with van der Waals surface area (Å²) in [5.41, 5.74) is 0.548. The lowest BCUT2D eigenvalue weighted by molar-refractivity contribution is -0.152. The number of ether oxygens (including phenoxy) is 3. The van der Waals surface area contributed by atoms with Crippen LogP contribution in [0.15, 0.2) is 18.2 Å². The number of carboxylic acid groups (broad SMARTS) is 1. The van der Waals surface area contributed by atoms with Crippen molar-refractivity contribution in [3.05, 3.63) is 23.8 Å². The Labute approximate surface area is 175 Å². The first-order valence-corrected chi connectivity index (χ1v) is 9.69. The SMILES string of the molecule is CCC(C)C(=O)OC(C)CN[C@@H](Cc1ccc(OC(C)=O)c(OC(C)=O)c1)C(=O)O. The van der Waals surface area contributed by atoms with Gasteiger partial charge in [0.1, 0.15) is 12.1 Å². The Morgan fingerprint density at radius 2 is 1.63 bits per heavy atom. The lowest BCUT2D eigenvalue weighted by Crippen LogP contribution is -2.43. The fraction of sp³-hybridized carbons (Fsp3) is 0.524. The van der Waals surface area contributed by atoms with E-state index in [1.54, 1.807) is 19.9 Å². The fourth-order valence-corrected chi connectivity index (χ4v) is 2.47. The summed E-state index contributed by atoms with van der Waals surface area (Å²) in [5, 5.41) is 12.4. The molecule has 166 valence electrons. The van der Waals surface area contributed by atoms with E-state index in [9.17, 15) is 24.3 Å². The van der Waals surface area contributed by atoms with Gasteiger partial charge in [0.25, 0.3) is 0 Å². The molecule has 1 aromatic carbocycles. The molecule has 2 N–H and O–H groups in total. The van der Waals surface area contributed by atoms with Gasteiger partial charge in [0.15, 0.2) is 11.5 Å². The van der Waals surface area contributed by atoms with E-state index < -0.39 is 30.1 Å². The van der Waals surface area contributed by atoms with Crippen LogP contribution in [0.4, 0.5) is 0 Å². The van der Waals surface area contributed by atoms with Gasteiger partial charge >= 0.3 is 23.9 Å². The third-order valence-electron chi connectivity index (χ3n) is 4.24. The van der Waals surface area contributed by atoms with Crippen molar-refractivity contribution in [1.29, 1.82) is 0 Å². The first kappa shape index (κ1) is 25.1. The molecule has 0 aliphatic carbocycles. The van der Waals surface area contributed by atoms with Gasteiger partial charge < -0.3 is 24.6 Å². The molecule has 9 heteroatoms. The number of aliphatic carboxylic acids is 1. The molecule has 30 heavy (non-hydrogen) atoms. The van der Waals surface area contributed by atoms with Gasteiger partial charge in [-0.1, -0.05) is 19.9 Å². The molecular weight excluding hydrogens is 394 g/mol. The number of hydrogen-bond acceptors (Lipinski definition) is 8. The maximum atomic E-state index is 11.8. The van der Waals surface area contributed by atoms with Crippen LogP contribution in [0.3, 0.4) is 0 Å².